The van der Waals surface area contributed by atoms with Crippen molar-refractivity contribution in [3.63, 3.8) is 0 Å². The first-order valence-electron chi connectivity index (χ1n) is 5.73. The van der Waals surface area contributed by atoms with Gasteiger partial charge >= 0.3 is 0 Å². The van der Waals surface area contributed by atoms with Crippen LogP contribution >= 0.6 is 0 Å². The molecule has 1 aliphatic heterocycles. The molecule has 0 atom stereocenters. The van der Waals surface area contributed by atoms with Crippen molar-refractivity contribution in [2.45, 2.75) is 19.8 Å². The normalized spacial score (nSPS) is 17.9. The van der Waals surface area contributed by atoms with Crippen LogP contribution in [0.25, 0.3) is 0 Å². The predicted molar refractivity (Wildman–Crippen MR) is 68.2 cm³/mol. The van der Waals surface area contributed by atoms with E-state index in [0.717, 1.165) is 0 Å². The van der Waals surface area contributed by atoms with Crippen molar-refractivity contribution in [1.29, 1.82) is 0 Å². The molecule has 1 aromatic rings. The summed E-state index contributed by atoms with van der Waals surface area (Å²) >= 11 is 0. The molecule has 2 rings (SSSR count). The summed E-state index contributed by atoms with van der Waals surface area (Å²) < 4.78 is 25.0. The zero-order valence-electron chi connectivity index (χ0n) is 10.00. The molecule has 6 nitrogen and oxygen atoms in total. The molecule has 0 aromatic heterocycles. The number of anilines is 1. The van der Waals surface area contributed by atoms with Gasteiger partial charge in [-0.3, -0.25) is 14.4 Å². The second-order valence-electron chi connectivity index (χ2n) is 4.17. The number of rotatable bonds is 3. The minimum absolute atomic E-state index is 0.00723. The van der Waals surface area contributed by atoms with Crippen molar-refractivity contribution in [3.8, 4) is 0 Å². The van der Waals surface area contributed by atoms with Gasteiger partial charge in [0.05, 0.1) is 16.4 Å². The summed E-state index contributed by atoms with van der Waals surface area (Å²) in [5.74, 6) is 0.146. The van der Waals surface area contributed by atoms with Crippen LogP contribution in [0.3, 0.4) is 0 Å². The third-order valence-corrected chi connectivity index (χ3v) is 4.88. The summed E-state index contributed by atoms with van der Waals surface area (Å²) in [6, 6.07) is 4.32. The van der Waals surface area contributed by atoms with Gasteiger partial charge in [-0.15, -0.1) is 0 Å². The molecule has 1 heterocycles. The second-order valence-corrected chi connectivity index (χ2v) is 6.18. The van der Waals surface area contributed by atoms with Gasteiger partial charge in [-0.2, -0.15) is 0 Å². The van der Waals surface area contributed by atoms with E-state index in [2.05, 4.69) is 0 Å². The Morgan fingerprint density at radius 1 is 1.44 bits per heavy atom. The average Bonchev–Trinajstić information content (AvgIpc) is 2.67. The molecule has 0 unspecified atom stereocenters. The Labute approximate surface area is 105 Å². The van der Waals surface area contributed by atoms with Crippen molar-refractivity contribution in [2.75, 3.05) is 16.6 Å². The molecule has 18 heavy (non-hydrogen) atoms. The Balaban J connectivity index is 2.48. The highest BCUT2D eigenvalue weighted by Gasteiger charge is 2.30. The Hall–Kier alpha value is -1.63. The average molecular weight is 270 g/mol. The lowest BCUT2D eigenvalue weighted by molar-refractivity contribution is -0.384. The highest BCUT2D eigenvalue weighted by Crippen LogP contribution is 2.30. The molecule has 0 amide bonds. The van der Waals surface area contributed by atoms with Crippen LogP contribution in [0.2, 0.25) is 0 Å². The van der Waals surface area contributed by atoms with E-state index < -0.39 is 14.9 Å². The summed E-state index contributed by atoms with van der Waals surface area (Å²) in [7, 11) is -3.24. The maximum Gasteiger partial charge on any atom is 0.269 e. The number of aryl methyl sites for hydroxylation is 1. The highest BCUT2D eigenvalue weighted by atomic mass is 32.2. The zero-order chi connectivity index (χ0) is 13.3. The van der Waals surface area contributed by atoms with E-state index in [1.807, 2.05) is 6.92 Å². The van der Waals surface area contributed by atoms with Crippen molar-refractivity contribution in [3.05, 3.63) is 33.9 Å². The van der Waals surface area contributed by atoms with Crippen molar-refractivity contribution in [1.82, 2.24) is 0 Å². The maximum atomic E-state index is 11.8. The molecule has 0 bridgehead atoms. The molecule has 1 aromatic carbocycles. The quantitative estimate of drug-likeness (QED) is 0.618. The molecule has 0 aliphatic carbocycles. The number of benzene rings is 1. The summed E-state index contributed by atoms with van der Waals surface area (Å²) in [6.07, 6.45) is 1.16. The summed E-state index contributed by atoms with van der Waals surface area (Å²) in [5, 5.41) is 10.7. The second kappa shape index (κ2) is 4.56. The fraction of sp³-hybridized carbons (Fsp3) is 0.455. The van der Waals surface area contributed by atoms with Gasteiger partial charge in [0, 0.05) is 18.7 Å². The molecule has 98 valence electrons. The minimum atomic E-state index is -3.24. The van der Waals surface area contributed by atoms with E-state index in [0.29, 0.717) is 30.6 Å². The molecule has 0 spiro atoms. The fourth-order valence-electron chi connectivity index (χ4n) is 2.12. The number of nitro groups is 1. The number of hydrogen-bond donors (Lipinski definition) is 0. The number of hydrogen-bond acceptors (Lipinski definition) is 4. The molecular weight excluding hydrogens is 256 g/mol. The highest BCUT2D eigenvalue weighted by molar-refractivity contribution is 7.93. The Morgan fingerprint density at radius 3 is 2.67 bits per heavy atom. The Bertz CT molecular complexity index is 583. The molecule has 1 fully saturated rings. The van der Waals surface area contributed by atoms with Crippen LogP contribution in [-0.2, 0) is 16.4 Å². The van der Waals surface area contributed by atoms with Gasteiger partial charge in [-0.1, -0.05) is 6.92 Å². The van der Waals surface area contributed by atoms with Crippen molar-refractivity contribution in [2.24, 2.45) is 0 Å². The van der Waals surface area contributed by atoms with Gasteiger partial charge < -0.3 is 0 Å². The summed E-state index contributed by atoms with van der Waals surface area (Å²) in [5.41, 5.74) is 1.25. The van der Waals surface area contributed by atoms with Gasteiger partial charge in [0.25, 0.3) is 5.69 Å². The van der Waals surface area contributed by atoms with Gasteiger partial charge in [0.2, 0.25) is 10.0 Å². The Morgan fingerprint density at radius 2 is 2.17 bits per heavy atom. The first-order valence-corrected chi connectivity index (χ1v) is 7.34. The number of sulfonamides is 1. The van der Waals surface area contributed by atoms with Gasteiger partial charge in [-0.05, 0) is 24.5 Å². The van der Waals surface area contributed by atoms with Crippen molar-refractivity contribution >= 4 is 21.4 Å². The molecule has 0 N–H and O–H groups in total. The fourth-order valence-corrected chi connectivity index (χ4v) is 3.72. The van der Waals surface area contributed by atoms with E-state index in [1.165, 1.54) is 22.5 Å². The van der Waals surface area contributed by atoms with Crippen LogP contribution < -0.4 is 4.31 Å². The number of nitro benzene ring substituents is 1. The lowest BCUT2D eigenvalue weighted by atomic mass is 10.1. The minimum Gasteiger partial charge on any atom is -0.270 e. The molecule has 0 saturated carbocycles. The third kappa shape index (κ3) is 2.17. The maximum absolute atomic E-state index is 11.8. The van der Waals surface area contributed by atoms with Crippen molar-refractivity contribution < 1.29 is 13.3 Å². The number of nitrogens with zero attached hydrogens (tertiary/aromatic N) is 2. The summed E-state index contributed by atoms with van der Waals surface area (Å²) in [6.45, 7) is 2.30. The van der Waals surface area contributed by atoms with E-state index in [-0.39, 0.29) is 11.4 Å². The monoisotopic (exact) mass is 270 g/mol. The zero-order valence-corrected chi connectivity index (χ0v) is 10.8. The summed E-state index contributed by atoms with van der Waals surface area (Å²) in [4.78, 5) is 10.2. The number of non-ortho nitro benzene ring substituents is 1. The lowest BCUT2D eigenvalue weighted by Gasteiger charge is -2.19. The third-order valence-electron chi connectivity index (χ3n) is 3.02. The van der Waals surface area contributed by atoms with Crippen LogP contribution in [0, 0.1) is 10.1 Å². The van der Waals surface area contributed by atoms with Crippen LogP contribution in [-0.4, -0.2) is 25.6 Å². The molecular formula is C11H14N2O4S. The van der Waals surface area contributed by atoms with E-state index in [4.69, 9.17) is 0 Å². The molecule has 1 saturated heterocycles. The van der Waals surface area contributed by atoms with Gasteiger partial charge in [0.15, 0.2) is 0 Å². The first-order chi connectivity index (χ1) is 8.45. The first kappa shape index (κ1) is 12.8. The predicted octanol–water partition coefficient (Wildman–Crippen LogP) is 1.70. The van der Waals surface area contributed by atoms with Gasteiger partial charge in [-0.25, -0.2) is 8.42 Å². The molecule has 0 radical (unpaired) electrons. The smallest absolute Gasteiger partial charge is 0.269 e. The SMILES string of the molecule is CCc1cc([N+](=O)[O-])ccc1N1CCCS1(=O)=O. The lowest BCUT2D eigenvalue weighted by Crippen LogP contribution is -2.26. The molecule has 1 aliphatic rings. The largest absolute Gasteiger partial charge is 0.270 e. The van der Waals surface area contributed by atoms with Crippen LogP contribution in [0.15, 0.2) is 18.2 Å². The van der Waals surface area contributed by atoms with E-state index >= 15 is 0 Å². The van der Waals surface area contributed by atoms with Crippen LogP contribution in [0.4, 0.5) is 11.4 Å². The van der Waals surface area contributed by atoms with E-state index in [1.54, 1.807) is 0 Å². The van der Waals surface area contributed by atoms with Gasteiger partial charge in [0.1, 0.15) is 0 Å². The standard InChI is InChI=1S/C11H14N2O4S/c1-2-9-8-10(13(14)15)4-5-11(9)12-6-3-7-18(12,16)17/h4-5,8H,2-3,6-7H2,1H3. The van der Waals surface area contributed by atoms with Crippen LogP contribution in [0.5, 0.6) is 0 Å². The van der Waals surface area contributed by atoms with E-state index in [9.17, 15) is 18.5 Å². The topological polar surface area (TPSA) is 80.5 Å². The molecule has 7 heteroatoms. The Kier molecular flexibility index (Phi) is 3.25. The van der Waals surface area contributed by atoms with Crippen LogP contribution in [0.1, 0.15) is 18.9 Å².